The van der Waals surface area contributed by atoms with Crippen LogP contribution in [0.4, 0.5) is 4.39 Å². The molecule has 0 unspecified atom stereocenters. The largest absolute Gasteiger partial charge is 0.494 e. The molecule has 1 heterocycles. The van der Waals surface area contributed by atoms with Gasteiger partial charge in [0.15, 0.2) is 11.6 Å². The fraction of sp³-hybridized carbons (Fsp3) is 0.533. The van der Waals surface area contributed by atoms with Crippen LogP contribution in [0.5, 0.6) is 5.75 Å². The highest BCUT2D eigenvalue weighted by Gasteiger charge is 2.27. The highest BCUT2D eigenvalue weighted by molar-refractivity contribution is 5.82. The topological polar surface area (TPSA) is 59.6 Å². The Morgan fingerprint density at radius 1 is 1.57 bits per heavy atom. The standard InChI is InChI=1S/C15H21FN2O3/c1-10-14(17-7-8-21-10)15(19)18-6-5-11-3-4-13(20-2)12(16)9-11/h3-4,9-10,14,17H,5-8H2,1-2H3,(H,18,19)/t10-,14+/m1/s1. The molecule has 1 fully saturated rings. The molecule has 1 aromatic carbocycles. The molecule has 1 aromatic rings. The molecular weight excluding hydrogens is 275 g/mol. The number of hydrogen-bond acceptors (Lipinski definition) is 4. The second kappa shape index (κ2) is 7.38. The van der Waals surface area contributed by atoms with Gasteiger partial charge in [-0.1, -0.05) is 6.07 Å². The predicted octanol–water partition coefficient (Wildman–Crippen LogP) is 0.870. The van der Waals surface area contributed by atoms with Gasteiger partial charge in [-0.3, -0.25) is 4.79 Å². The van der Waals surface area contributed by atoms with Crippen molar-refractivity contribution in [1.82, 2.24) is 10.6 Å². The van der Waals surface area contributed by atoms with Gasteiger partial charge in [0.25, 0.3) is 0 Å². The van der Waals surface area contributed by atoms with E-state index < -0.39 is 5.82 Å². The van der Waals surface area contributed by atoms with Gasteiger partial charge in [-0.2, -0.15) is 0 Å². The smallest absolute Gasteiger partial charge is 0.239 e. The average Bonchev–Trinajstić information content (AvgIpc) is 2.48. The summed E-state index contributed by atoms with van der Waals surface area (Å²) in [6.45, 7) is 3.62. The number of halogens is 1. The molecule has 2 rings (SSSR count). The van der Waals surface area contributed by atoms with E-state index in [1.165, 1.54) is 13.2 Å². The first kappa shape index (κ1) is 15.7. The van der Waals surface area contributed by atoms with E-state index in [9.17, 15) is 9.18 Å². The van der Waals surface area contributed by atoms with Crippen LogP contribution in [0.1, 0.15) is 12.5 Å². The van der Waals surface area contributed by atoms with Crippen molar-refractivity contribution in [3.8, 4) is 5.75 Å². The van der Waals surface area contributed by atoms with Crippen LogP contribution in [0, 0.1) is 5.82 Å². The first-order chi connectivity index (χ1) is 10.1. The predicted molar refractivity (Wildman–Crippen MR) is 76.9 cm³/mol. The Hall–Kier alpha value is -1.66. The van der Waals surface area contributed by atoms with Crippen LogP contribution in [0.3, 0.4) is 0 Å². The lowest BCUT2D eigenvalue weighted by molar-refractivity contribution is -0.128. The number of amides is 1. The Bertz CT molecular complexity index is 496. The molecule has 0 aliphatic carbocycles. The number of ether oxygens (including phenoxy) is 2. The van der Waals surface area contributed by atoms with Crippen molar-refractivity contribution in [2.24, 2.45) is 0 Å². The Labute approximate surface area is 123 Å². The third kappa shape index (κ3) is 4.15. The lowest BCUT2D eigenvalue weighted by Gasteiger charge is -2.29. The van der Waals surface area contributed by atoms with Gasteiger partial charge in [0.05, 0.1) is 19.8 Å². The molecule has 1 amide bonds. The van der Waals surface area contributed by atoms with E-state index in [0.717, 1.165) is 5.56 Å². The average molecular weight is 296 g/mol. The molecule has 2 atom stereocenters. The highest BCUT2D eigenvalue weighted by atomic mass is 19.1. The molecule has 6 heteroatoms. The van der Waals surface area contributed by atoms with Crippen molar-refractivity contribution in [2.75, 3.05) is 26.8 Å². The molecule has 0 bridgehead atoms. The zero-order valence-electron chi connectivity index (χ0n) is 12.3. The molecule has 116 valence electrons. The van der Waals surface area contributed by atoms with E-state index in [1.54, 1.807) is 12.1 Å². The van der Waals surface area contributed by atoms with Crippen LogP contribution in [-0.4, -0.2) is 44.9 Å². The minimum Gasteiger partial charge on any atom is -0.494 e. The van der Waals surface area contributed by atoms with Gasteiger partial charge in [-0.05, 0) is 31.0 Å². The minimum atomic E-state index is -0.391. The summed E-state index contributed by atoms with van der Waals surface area (Å²) in [5.41, 5.74) is 0.814. The fourth-order valence-electron chi connectivity index (χ4n) is 2.33. The molecule has 0 radical (unpaired) electrons. The van der Waals surface area contributed by atoms with Gasteiger partial charge in [0.2, 0.25) is 5.91 Å². The molecule has 1 aliphatic heterocycles. The van der Waals surface area contributed by atoms with Crippen LogP contribution < -0.4 is 15.4 Å². The maximum atomic E-state index is 13.5. The van der Waals surface area contributed by atoms with Crippen molar-refractivity contribution < 1.29 is 18.7 Å². The van der Waals surface area contributed by atoms with Crippen LogP contribution >= 0.6 is 0 Å². The van der Waals surface area contributed by atoms with E-state index >= 15 is 0 Å². The molecular formula is C15H21FN2O3. The number of hydrogen-bond donors (Lipinski definition) is 2. The van der Waals surface area contributed by atoms with Crippen molar-refractivity contribution >= 4 is 5.91 Å². The summed E-state index contributed by atoms with van der Waals surface area (Å²) in [7, 11) is 1.43. The molecule has 21 heavy (non-hydrogen) atoms. The van der Waals surface area contributed by atoms with Gasteiger partial charge < -0.3 is 20.1 Å². The fourth-order valence-corrected chi connectivity index (χ4v) is 2.33. The quantitative estimate of drug-likeness (QED) is 0.846. The van der Waals surface area contributed by atoms with E-state index in [1.807, 2.05) is 6.92 Å². The normalized spacial score (nSPS) is 21.9. The number of rotatable bonds is 5. The summed E-state index contributed by atoms with van der Waals surface area (Å²) in [6.07, 6.45) is 0.423. The minimum absolute atomic E-state index is 0.0869. The number of nitrogens with one attached hydrogen (secondary N) is 2. The summed E-state index contributed by atoms with van der Waals surface area (Å²) < 4.78 is 23.8. The van der Waals surface area contributed by atoms with Gasteiger partial charge in [-0.25, -0.2) is 4.39 Å². The Kier molecular flexibility index (Phi) is 5.52. The maximum Gasteiger partial charge on any atom is 0.239 e. The molecule has 1 saturated heterocycles. The zero-order chi connectivity index (χ0) is 15.2. The van der Waals surface area contributed by atoms with Gasteiger partial charge in [0.1, 0.15) is 6.04 Å². The lowest BCUT2D eigenvalue weighted by Crippen LogP contribution is -2.55. The number of carbonyl (C=O) groups excluding carboxylic acids is 1. The van der Waals surface area contributed by atoms with Crippen molar-refractivity contribution in [3.05, 3.63) is 29.6 Å². The molecule has 0 aromatic heterocycles. The molecule has 1 aliphatic rings. The molecule has 0 spiro atoms. The first-order valence-electron chi connectivity index (χ1n) is 7.07. The van der Waals surface area contributed by atoms with Crippen LogP contribution in [0.25, 0.3) is 0 Å². The number of benzene rings is 1. The summed E-state index contributed by atoms with van der Waals surface area (Å²) >= 11 is 0. The van der Waals surface area contributed by atoms with Crippen LogP contribution in [0.15, 0.2) is 18.2 Å². The summed E-state index contributed by atoms with van der Waals surface area (Å²) in [5.74, 6) is -0.256. The van der Waals surface area contributed by atoms with Gasteiger partial charge in [0, 0.05) is 13.1 Å². The Morgan fingerprint density at radius 2 is 2.38 bits per heavy atom. The second-order valence-electron chi connectivity index (χ2n) is 5.02. The van der Waals surface area contributed by atoms with E-state index in [2.05, 4.69) is 10.6 Å². The Balaban J connectivity index is 1.81. The van der Waals surface area contributed by atoms with E-state index in [4.69, 9.17) is 9.47 Å². The Morgan fingerprint density at radius 3 is 3.05 bits per heavy atom. The lowest BCUT2D eigenvalue weighted by atomic mass is 10.1. The number of methoxy groups -OCH3 is 1. The summed E-state index contributed by atoms with van der Waals surface area (Å²) in [6, 6.07) is 4.48. The van der Waals surface area contributed by atoms with Gasteiger partial charge in [-0.15, -0.1) is 0 Å². The number of carbonyl (C=O) groups is 1. The van der Waals surface area contributed by atoms with Crippen molar-refractivity contribution in [3.63, 3.8) is 0 Å². The number of morpholine rings is 1. The first-order valence-corrected chi connectivity index (χ1v) is 7.07. The van der Waals surface area contributed by atoms with E-state index in [0.29, 0.717) is 26.1 Å². The summed E-state index contributed by atoms with van der Waals surface area (Å²) in [5, 5.41) is 5.97. The van der Waals surface area contributed by atoms with Crippen LogP contribution in [0.2, 0.25) is 0 Å². The molecule has 0 saturated carbocycles. The highest BCUT2D eigenvalue weighted by Crippen LogP contribution is 2.17. The van der Waals surface area contributed by atoms with Crippen molar-refractivity contribution in [1.29, 1.82) is 0 Å². The SMILES string of the molecule is COc1ccc(CCNC(=O)[C@H]2NCCO[C@@H]2C)cc1F. The maximum absolute atomic E-state index is 13.5. The van der Waals surface area contributed by atoms with Gasteiger partial charge >= 0.3 is 0 Å². The third-order valence-electron chi connectivity index (χ3n) is 3.53. The second-order valence-corrected chi connectivity index (χ2v) is 5.02. The molecule has 2 N–H and O–H groups in total. The van der Waals surface area contributed by atoms with E-state index in [-0.39, 0.29) is 23.8 Å². The zero-order valence-corrected chi connectivity index (χ0v) is 12.3. The van der Waals surface area contributed by atoms with Crippen molar-refractivity contribution in [2.45, 2.75) is 25.5 Å². The third-order valence-corrected chi connectivity index (χ3v) is 3.53. The monoisotopic (exact) mass is 296 g/mol. The van der Waals surface area contributed by atoms with Crippen LogP contribution in [-0.2, 0) is 16.0 Å². The molecule has 5 nitrogen and oxygen atoms in total. The summed E-state index contributed by atoms with van der Waals surface area (Å²) in [4.78, 5) is 12.0.